The Morgan fingerprint density at radius 2 is 1.60 bits per heavy atom. The number of hydrogen-bond acceptors (Lipinski definition) is 17. The van der Waals surface area contributed by atoms with Crippen molar-refractivity contribution in [2.75, 3.05) is 13.2 Å². The SMILES string of the molecule is CCCCCCCCCCC[C@@H](O)CC(=O)O[C@@H]1[C@@H](N)[C@@H](OP(=O)(O)OP(=O)(O)OC[C@H]2O[C@@H](n3ccc(=O)[nH]c3=O)[C@H](O)[C@@H]2O)O[C@H](CO)[C@H]1O. The molecule has 0 bridgehead atoms. The molecule has 2 fully saturated rings. The second-order valence-corrected chi connectivity index (χ2v) is 15.7. The van der Waals surface area contributed by atoms with Gasteiger partial charge in [0.15, 0.2) is 18.6 Å². The maximum Gasteiger partial charge on any atom is 0.483 e. The number of unbranched alkanes of at least 4 members (excludes halogenated alkanes) is 8. The van der Waals surface area contributed by atoms with E-state index in [4.69, 9.17) is 24.5 Å². The average Bonchev–Trinajstić information content (AvgIpc) is 3.34. The first-order valence-corrected chi connectivity index (χ1v) is 20.1. The van der Waals surface area contributed by atoms with Gasteiger partial charge >= 0.3 is 27.3 Å². The highest BCUT2D eigenvalue weighted by Crippen LogP contribution is 2.61. The van der Waals surface area contributed by atoms with E-state index in [1.807, 2.05) is 4.98 Å². The number of phosphoric ester groups is 2. The number of H-pyrrole nitrogens is 1. The number of aromatic amines is 1. The Hall–Kier alpha value is -1.91. The highest BCUT2D eigenvalue weighted by molar-refractivity contribution is 7.61. The van der Waals surface area contributed by atoms with E-state index < -0.39 is 114 Å². The minimum absolute atomic E-state index is 0.314. The van der Waals surface area contributed by atoms with Gasteiger partial charge in [-0.3, -0.25) is 28.2 Å². The van der Waals surface area contributed by atoms with Crippen LogP contribution in [-0.2, 0) is 41.5 Å². The van der Waals surface area contributed by atoms with Crippen molar-refractivity contribution >= 4 is 21.6 Å². The Balaban J connectivity index is 1.51. The Kier molecular flexibility index (Phi) is 17.7. The van der Waals surface area contributed by atoms with Gasteiger partial charge in [-0.05, 0) is 6.42 Å². The number of carbonyl (C=O) groups excluding carboxylic acids is 1. The highest BCUT2D eigenvalue weighted by Gasteiger charge is 2.50. The summed E-state index contributed by atoms with van der Waals surface area (Å²) in [5.41, 5.74) is 4.25. The molecule has 1 aromatic heterocycles. The third kappa shape index (κ3) is 13.4. The molecule has 23 heteroatoms. The minimum atomic E-state index is -5.67. The quantitative estimate of drug-likeness (QED) is 0.0402. The second-order valence-electron chi connectivity index (χ2n) is 12.7. The molecule has 0 saturated carbocycles. The van der Waals surface area contributed by atoms with Crippen LogP contribution < -0.4 is 17.0 Å². The molecule has 2 aliphatic heterocycles. The fraction of sp³-hybridized carbons (Fsp3) is 0.828. The van der Waals surface area contributed by atoms with Gasteiger partial charge < -0.3 is 55.3 Å². The molecule has 1 aromatic rings. The molecule has 3 heterocycles. The number of phosphoric acid groups is 2. The summed E-state index contributed by atoms with van der Waals surface area (Å²) in [6.45, 7) is 0.202. The molecule has 21 nitrogen and oxygen atoms in total. The number of aliphatic hydroxyl groups excluding tert-OH is 5. The smallest absolute Gasteiger partial charge is 0.458 e. The first kappa shape index (κ1) is 44.5. The van der Waals surface area contributed by atoms with Gasteiger partial charge in [0.05, 0.1) is 31.8 Å². The van der Waals surface area contributed by atoms with Crippen LogP contribution in [0.15, 0.2) is 21.9 Å². The third-order valence-corrected chi connectivity index (χ3v) is 11.1. The van der Waals surface area contributed by atoms with E-state index in [0.29, 0.717) is 12.8 Å². The average molecular weight is 792 g/mol. The maximum atomic E-state index is 12.7. The van der Waals surface area contributed by atoms with E-state index in [0.717, 1.165) is 42.5 Å². The molecule has 0 aromatic carbocycles. The van der Waals surface area contributed by atoms with Crippen LogP contribution in [0, 0.1) is 0 Å². The highest BCUT2D eigenvalue weighted by atomic mass is 31.3. The molecule has 3 rings (SSSR count). The summed E-state index contributed by atoms with van der Waals surface area (Å²) in [5.74, 6) is -0.981. The van der Waals surface area contributed by atoms with Crippen molar-refractivity contribution in [2.24, 2.45) is 5.73 Å². The van der Waals surface area contributed by atoms with Gasteiger partial charge in [-0.1, -0.05) is 64.7 Å². The fourth-order valence-electron chi connectivity index (χ4n) is 5.71. The number of esters is 1. The molecule has 0 aliphatic carbocycles. The van der Waals surface area contributed by atoms with Crippen molar-refractivity contribution in [1.82, 2.24) is 9.55 Å². The zero-order chi connectivity index (χ0) is 38.6. The molecule has 300 valence electrons. The van der Waals surface area contributed by atoms with Crippen molar-refractivity contribution in [3.05, 3.63) is 33.1 Å². The van der Waals surface area contributed by atoms with Crippen LogP contribution in [0.2, 0.25) is 0 Å². The van der Waals surface area contributed by atoms with Crippen LogP contribution in [0.1, 0.15) is 83.8 Å². The first-order chi connectivity index (χ1) is 24.5. The molecule has 0 radical (unpaired) electrons. The number of carbonyl (C=O) groups is 1. The van der Waals surface area contributed by atoms with Crippen LogP contribution >= 0.6 is 15.6 Å². The molecule has 10 N–H and O–H groups in total. The molecule has 2 unspecified atom stereocenters. The Bertz CT molecular complexity index is 1480. The zero-order valence-corrected chi connectivity index (χ0v) is 30.4. The fourth-order valence-corrected chi connectivity index (χ4v) is 7.89. The zero-order valence-electron chi connectivity index (χ0n) is 28.7. The number of nitrogens with one attached hydrogen (secondary N) is 1. The van der Waals surface area contributed by atoms with Crippen LogP contribution in [0.4, 0.5) is 0 Å². The Morgan fingerprint density at radius 3 is 2.21 bits per heavy atom. The number of hydrogen-bond donors (Lipinski definition) is 9. The van der Waals surface area contributed by atoms with Crippen molar-refractivity contribution in [1.29, 1.82) is 0 Å². The number of nitrogens with zero attached hydrogens (tertiary/aromatic N) is 1. The van der Waals surface area contributed by atoms with Gasteiger partial charge in [0, 0.05) is 12.3 Å². The summed E-state index contributed by atoms with van der Waals surface area (Å²) in [7, 11) is -11.2. The summed E-state index contributed by atoms with van der Waals surface area (Å²) < 4.78 is 55.5. The van der Waals surface area contributed by atoms with Gasteiger partial charge in [-0.15, -0.1) is 0 Å². The topological polar surface area (TPSA) is 329 Å². The number of nitrogens with two attached hydrogens (primary N) is 1. The van der Waals surface area contributed by atoms with Gasteiger partial charge in [0.2, 0.25) is 0 Å². The van der Waals surface area contributed by atoms with Crippen molar-refractivity contribution in [2.45, 2.75) is 139 Å². The van der Waals surface area contributed by atoms with Crippen molar-refractivity contribution in [3.63, 3.8) is 0 Å². The Labute approximate surface area is 298 Å². The molecule has 2 aliphatic rings. The van der Waals surface area contributed by atoms with Crippen LogP contribution in [0.25, 0.3) is 0 Å². The van der Waals surface area contributed by atoms with Crippen molar-refractivity contribution in [3.8, 4) is 0 Å². The van der Waals surface area contributed by atoms with Crippen LogP contribution in [0.3, 0.4) is 0 Å². The normalized spacial score (nSPS) is 30.8. The summed E-state index contributed by atoms with van der Waals surface area (Å²) in [4.78, 5) is 58.3. The second kappa shape index (κ2) is 20.7. The number of rotatable bonds is 22. The third-order valence-electron chi connectivity index (χ3n) is 8.52. The predicted octanol–water partition coefficient (Wildman–Crippen LogP) is -0.604. The molecular formula is C29H51N3O18P2. The molecular weight excluding hydrogens is 740 g/mol. The monoisotopic (exact) mass is 791 g/mol. The lowest BCUT2D eigenvalue weighted by Gasteiger charge is -2.42. The van der Waals surface area contributed by atoms with E-state index in [9.17, 15) is 58.8 Å². The van der Waals surface area contributed by atoms with Crippen molar-refractivity contribution < 1.29 is 76.8 Å². The number of ether oxygens (including phenoxy) is 3. The van der Waals surface area contributed by atoms with Gasteiger partial charge in [0.25, 0.3) is 5.56 Å². The van der Waals surface area contributed by atoms with E-state index in [1.54, 1.807) is 0 Å². The van der Waals surface area contributed by atoms with Crippen LogP contribution in [-0.4, -0.2) is 119 Å². The Morgan fingerprint density at radius 1 is 0.962 bits per heavy atom. The lowest BCUT2D eigenvalue weighted by molar-refractivity contribution is -0.249. The largest absolute Gasteiger partial charge is 0.483 e. The van der Waals surface area contributed by atoms with E-state index in [-0.39, 0.29) is 0 Å². The maximum absolute atomic E-state index is 12.7. The van der Waals surface area contributed by atoms with Gasteiger partial charge in [-0.2, -0.15) is 4.31 Å². The molecule has 2 saturated heterocycles. The van der Waals surface area contributed by atoms with E-state index in [2.05, 4.69) is 15.8 Å². The lowest BCUT2D eigenvalue weighted by Crippen LogP contribution is -2.63. The van der Waals surface area contributed by atoms with E-state index >= 15 is 0 Å². The predicted molar refractivity (Wildman–Crippen MR) is 177 cm³/mol. The molecule has 0 amide bonds. The van der Waals surface area contributed by atoms with Gasteiger partial charge in [-0.25, -0.2) is 13.9 Å². The standard InChI is InChI=1S/C29H51N3O18P2/c1-2-3-4-5-6-7-8-9-10-11-17(34)14-21(36)48-26-22(30)28(47-18(15-33)24(26)38)49-52(43,44)50-51(41,42)45-16-19-23(37)25(39)27(46-19)32-13-12-20(35)31-29(32)40/h12-13,17-19,22-28,33-34,37-39H,2-11,14-16,30H2,1H3,(H,41,42)(H,43,44)(H,31,35,40)/t17-,18-,19-,22-,23-,24-,25-,26-,27-,28-/m1/s1. The first-order valence-electron chi connectivity index (χ1n) is 17.1. The molecule has 0 spiro atoms. The number of aliphatic hydroxyl groups is 5. The summed E-state index contributed by atoms with van der Waals surface area (Å²) >= 11 is 0. The van der Waals surface area contributed by atoms with Gasteiger partial charge in [0.1, 0.15) is 30.5 Å². The van der Waals surface area contributed by atoms with Crippen LogP contribution in [0.5, 0.6) is 0 Å². The summed E-state index contributed by atoms with van der Waals surface area (Å²) in [6.07, 6.45) is -4.54. The molecule has 52 heavy (non-hydrogen) atoms. The summed E-state index contributed by atoms with van der Waals surface area (Å²) in [6, 6.07) is -0.791. The summed E-state index contributed by atoms with van der Waals surface area (Å²) in [5, 5.41) is 51.2. The minimum Gasteiger partial charge on any atom is -0.458 e. The molecule has 12 atom stereocenters. The van der Waals surface area contributed by atoms with E-state index in [1.165, 1.54) is 25.7 Å². The lowest BCUT2D eigenvalue weighted by atomic mass is 9.97. The number of aromatic nitrogens is 2.